The topological polar surface area (TPSA) is 51.2 Å². The first-order valence-corrected chi connectivity index (χ1v) is 8.67. The van der Waals surface area contributed by atoms with Gasteiger partial charge < -0.3 is 10.1 Å². The zero-order valence-electron chi connectivity index (χ0n) is 13.7. The average Bonchev–Trinajstić information content (AvgIpc) is 3.11. The number of halogens is 1. The number of para-hydroxylation sites is 2. The molecule has 3 rings (SSSR count). The van der Waals surface area contributed by atoms with E-state index in [4.69, 9.17) is 4.74 Å². The molecule has 0 bridgehead atoms. The molecule has 6 heteroatoms. The number of amides is 1. The van der Waals surface area contributed by atoms with E-state index in [1.54, 1.807) is 19.2 Å². The zero-order valence-corrected chi connectivity index (χ0v) is 14.5. The van der Waals surface area contributed by atoms with Crippen LogP contribution in [0.1, 0.15) is 12.1 Å². The van der Waals surface area contributed by atoms with Gasteiger partial charge in [0.2, 0.25) is 5.91 Å². The fraction of sp³-hybridized carbons (Fsp3) is 0.158. The zero-order chi connectivity index (χ0) is 17.6. The number of carbonyl (C=O) groups excluding carboxylic acids is 1. The van der Waals surface area contributed by atoms with Crippen LogP contribution >= 0.6 is 11.3 Å². The second-order valence-electron chi connectivity index (χ2n) is 5.37. The van der Waals surface area contributed by atoms with E-state index in [0.29, 0.717) is 6.42 Å². The number of ether oxygens (including phenoxy) is 1. The van der Waals surface area contributed by atoms with Crippen molar-refractivity contribution in [1.82, 2.24) is 4.98 Å². The Balaban J connectivity index is 1.62. The molecule has 128 valence electrons. The van der Waals surface area contributed by atoms with E-state index in [2.05, 4.69) is 10.3 Å². The Morgan fingerprint density at radius 2 is 1.96 bits per heavy atom. The van der Waals surface area contributed by atoms with Crippen LogP contribution in [0.5, 0.6) is 5.75 Å². The normalized spacial score (nSPS) is 10.5. The molecule has 0 unspecified atom stereocenters. The minimum Gasteiger partial charge on any atom is -0.496 e. The molecule has 0 spiro atoms. The molecule has 4 nitrogen and oxygen atoms in total. The number of aryl methyl sites for hydroxylation is 1. The highest BCUT2D eigenvalue weighted by Crippen LogP contribution is 2.32. The van der Waals surface area contributed by atoms with Gasteiger partial charge in [-0.25, -0.2) is 9.37 Å². The molecule has 2 aromatic carbocycles. The minimum absolute atomic E-state index is 0.195. The van der Waals surface area contributed by atoms with Crippen LogP contribution in [0.2, 0.25) is 0 Å². The molecule has 0 saturated carbocycles. The van der Waals surface area contributed by atoms with E-state index in [9.17, 15) is 9.18 Å². The second kappa shape index (κ2) is 7.90. The molecule has 1 aromatic heterocycles. The summed E-state index contributed by atoms with van der Waals surface area (Å²) in [6, 6.07) is 13.8. The molecule has 1 heterocycles. The van der Waals surface area contributed by atoms with Gasteiger partial charge in [-0.3, -0.25) is 4.79 Å². The Kier molecular flexibility index (Phi) is 5.40. The number of aromatic nitrogens is 1. The summed E-state index contributed by atoms with van der Waals surface area (Å²) in [5, 5.41) is 5.36. The van der Waals surface area contributed by atoms with Crippen molar-refractivity contribution >= 4 is 22.9 Å². The second-order valence-corrected chi connectivity index (χ2v) is 6.23. The average molecular weight is 356 g/mol. The molecule has 0 aliphatic heterocycles. The van der Waals surface area contributed by atoms with Crippen LogP contribution in [0.15, 0.2) is 53.9 Å². The molecule has 0 fully saturated rings. The first kappa shape index (κ1) is 17.1. The molecule has 0 aliphatic carbocycles. The fourth-order valence-corrected chi connectivity index (χ4v) is 3.27. The van der Waals surface area contributed by atoms with Crippen LogP contribution in [-0.2, 0) is 11.2 Å². The van der Waals surface area contributed by atoms with Gasteiger partial charge in [-0.2, -0.15) is 0 Å². The summed E-state index contributed by atoms with van der Waals surface area (Å²) in [5.41, 5.74) is 1.95. The molecule has 0 atom stereocenters. The van der Waals surface area contributed by atoms with Gasteiger partial charge in [-0.15, -0.1) is 11.3 Å². The van der Waals surface area contributed by atoms with E-state index in [0.717, 1.165) is 22.0 Å². The van der Waals surface area contributed by atoms with Gasteiger partial charge >= 0.3 is 0 Å². The summed E-state index contributed by atoms with van der Waals surface area (Å²) in [6.07, 6.45) is 0.732. The minimum atomic E-state index is -0.442. The molecular formula is C19H17FN2O2S. The number of hydrogen-bond acceptors (Lipinski definition) is 4. The maximum absolute atomic E-state index is 13.5. The lowest BCUT2D eigenvalue weighted by Gasteiger charge is -2.05. The SMILES string of the molecule is COc1ccccc1-c1nc(CCC(=O)Nc2ccccc2F)cs1. The Hall–Kier alpha value is -2.73. The van der Waals surface area contributed by atoms with Crippen molar-refractivity contribution in [3.05, 3.63) is 65.4 Å². The van der Waals surface area contributed by atoms with Gasteiger partial charge in [0.05, 0.1) is 24.1 Å². The van der Waals surface area contributed by atoms with Crippen LogP contribution in [0, 0.1) is 5.82 Å². The summed E-state index contributed by atoms with van der Waals surface area (Å²) in [6.45, 7) is 0. The number of hydrogen-bond donors (Lipinski definition) is 1. The number of methoxy groups -OCH3 is 1. The van der Waals surface area contributed by atoms with Crippen molar-refractivity contribution in [2.45, 2.75) is 12.8 Å². The van der Waals surface area contributed by atoms with E-state index in [1.165, 1.54) is 23.5 Å². The lowest BCUT2D eigenvalue weighted by Crippen LogP contribution is -2.13. The number of thiazole rings is 1. The van der Waals surface area contributed by atoms with Crippen molar-refractivity contribution in [1.29, 1.82) is 0 Å². The lowest BCUT2D eigenvalue weighted by molar-refractivity contribution is -0.116. The van der Waals surface area contributed by atoms with Gasteiger partial charge in [-0.05, 0) is 30.7 Å². The molecule has 1 N–H and O–H groups in total. The van der Waals surface area contributed by atoms with E-state index in [-0.39, 0.29) is 18.0 Å². The summed E-state index contributed by atoms with van der Waals surface area (Å²) >= 11 is 1.51. The number of benzene rings is 2. The molecule has 0 saturated heterocycles. The Labute approximate surface area is 149 Å². The summed E-state index contributed by atoms with van der Waals surface area (Å²) in [4.78, 5) is 16.6. The maximum atomic E-state index is 13.5. The standard InChI is InChI=1S/C19H17FN2O2S/c1-24-17-9-5-2-6-14(17)19-21-13(12-25-19)10-11-18(23)22-16-8-4-3-7-15(16)20/h2-9,12H,10-11H2,1H3,(H,22,23). The molecule has 25 heavy (non-hydrogen) atoms. The molecule has 1 amide bonds. The highest BCUT2D eigenvalue weighted by atomic mass is 32.1. The van der Waals surface area contributed by atoms with Gasteiger partial charge in [0.15, 0.2) is 0 Å². The van der Waals surface area contributed by atoms with E-state index >= 15 is 0 Å². The van der Waals surface area contributed by atoms with Gasteiger partial charge in [0.1, 0.15) is 16.6 Å². The third-order valence-corrected chi connectivity index (χ3v) is 4.57. The van der Waals surface area contributed by atoms with Crippen LogP contribution < -0.4 is 10.1 Å². The van der Waals surface area contributed by atoms with Crippen molar-refractivity contribution < 1.29 is 13.9 Å². The molecular weight excluding hydrogens is 339 g/mol. The highest BCUT2D eigenvalue weighted by molar-refractivity contribution is 7.13. The number of anilines is 1. The van der Waals surface area contributed by atoms with E-state index < -0.39 is 5.82 Å². The molecule has 3 aromatic rings. The number of nitrogens with one attached hydrogen (secondary N) is 1. The van der Waals surface area contributed by atoms with Crippen LogP contribution in [0.3, 0.4) is 0 Å². The van der Waals surface area contributed by atoms with Crippen LogP contribution in [-0.4, -0.2) is 18.0 Å². The van der Waals surface area contributed by atoms with Gasteiger partial charge in [0.25, 0.3) is 0 Å². The lowest BCUT2D eigenvalue weighted by atomic mass is 10.2. The number of rotatable bonds is 6. The van der Waals surface area contributed by atoms with Crippen molar-refractivity contribution in [3.8, 4) is 16.3 Å². The van der Waals surface area contributed by atoms with Crippen LogP contribution in [0.4, 0.5) is 10.1 Å². The third kappa shape index (κ3) is 4.22. The largest absolute Gasteiger partial charge is 0.496 e. The fourth-order valence-electron chi connectivity index (χ4n) is 2.38. The highest BCUT2D eigenvalue weighted by Gasteiger charge is 2.11. The molecule has 0 aliphatic rings. The Morgan fingerprint density at radius 1 is 1.20 bits per heavy atom. The predicted molar refractivity (Wildman–Crippen MR) is 97.5 cm³/mol. The van der Waals surface area contributed by atoms with Gasteiger partial charge in [0, 0.05) is 11.8 Å². The van der Waals surface area contributed by atoms with Gasteiger partial charge in [-0.1, -0.05) is 24.3 Å². The van der Waals surface area contributed by atoms with Crippen LogP contribution in [0.25, 0.3) is 10.6 Å². The van der Waals surface area contributed by atoms with Crippen molar-refractivity contribution in [2.75, 3.05) is 12.4 Å². The first-order chi connectivity index (χ1) is 12.2. The molecule has 0 radical (unpaired) electrons. The maximum Gasteiger partial charge on any atom is 0.224 e. The van der Waals surface area contributed by atoms with Crippen molar-refractivity contribution in [3.63, 3.8) is 0 Å². The number of nitrogens with zero attached hydrogens (tertiary/aromatic N) is 1. The summed E-state index contributed by atoms with van der Waals surface area (Å²) in [7, 11) is 1.63. The van der Waals surface area contributed by atoms with Crippen molar-refractivity contribution in [2.24, 2.45) is 0 Å². The Bertz CT molecular complexity index is 879. The quantitative estimate of drug-likeness (QED) is 0.706. The Morgan fingerprint density at radius 3 is 2.76 bits per heavy atom. The summed E-state index contributed by atoms with van der Waals surface area (Å²) in [5.74, 6) is 0.0839. The van der Waals surface area contributed by atoms with E-state index in [1.807, 2.05) is 29.6 Å². The summed E-state index contributed by atoms with van der Waals surface area (Å²) < 4.78 is 18.9. The monoisotopic (exact) mass is 356 g/mol. The first-order valence-electron chi connectivity index (χ1n) is 7.79. The predicted octanol–water partition coefficient (Wildman–Crippen LogP) is 4.53. The third-order valence-electron chi connectivity index (χ3n) is 3.65. The number of carbonyl (C=O) groups is 1. The smallest absolute Gasteiger partial charge is 0.224 e.